The fourth-order valence-corrected chi connectivity index (χ4v) is 3.43. The summed E-state index contributed by atoms with van der Waals surface area (Å²) in [6.45, 7) is 12.4. The molecule has 0 radical (unpaired) electrons. The highest BCUT2D eigenvalue weighted by atomic mass is 15.3. The molecule has 2 aliphatic heterocycles. The number of fused-ring (bicyclic) bond motifs is 2. The van der Waals surface area contributed by atoms with Crippen LogP contribution in [-0.2, 0) is 0 Å². The van der Waals surface area contributed by atoms with Crippen LogP contribution in [0, 0.1) is 17.2 Å². The van der Waals surface area contributed by atoms with Crippen LogP contribution >= 0.6 is 0 Å². The highest BCUT2D eigenvalue weighted by molar-refractivity contribution is 5.46. The Morgan fingerprint density at radius 3 is 2.19 bits per heavy atom. The van der Waals surface area contributed by atoms with Gasteiger partial charge in [-0.3, -0.25) is 0 Å². The highest BCUT2D eigenvalue weighted by Crippen LogP contribution is 2.40. The van der Waals surface area contributed by atoms with Crippen LogP contribution < -0.4 is 4.90 Å². The van der Waals surface area contributed by atoms with Gasteiger partial charge in [-0.05, 0) is 43.7 Å². The molecule has 2 saturated heterocycles. The Kier molecular flexibility index (Phi) is 6.94. The third-order valence-electron chi connectivity index (χ3n) is 4.11. The summed E-state index contributed by atoms with van der Waals surface area (Å²) in [5, 5.41) is 8.79. The van der Waals surface area contributed by atoms with Gasteiger partial charge in [-0.2, -0.15) is 5.26 Å². The maximum Gasteiger partial charge on any atom is 0.129 e. The zero-order valence-electron chi connectivity index (χ0n) is 13.5. The molecule has 2 fully saturated rings. The van der Waals surface area contributed by atoms with Gasteiger partial charge in [0.05, 0.1) is 5.56 Å². The molecule has 3 heterocycles. The number of hydrogen-bond acceptors (Lipinski definition) is 3. The molecule has 2 bridgehead atoms. The second-order valence-electron chi connectivity index (χ2n) is 5.39. The van der Waals surface area contributed by atoms with Crippen LogP contribution in [0.2, 0.25) is 0 Å². The predicted octanol–water partition coefficient (Wildman–Crippen LogP) is 4.55. The van der Waals surface area contributed by atoms with Crippen molar-refractivity contribution in [3.05, 3.63) is 37.1 Å². The van der Waals surface area contributed by atoms with Gasteiger partial charge in [-0.15, -0.1) is 13.2 Å². The molecule has 2 atom stereocenters. The minimum atomic E-state index is 0.645. The number of nitriles is 1. The first-order chi connectivity index (χ1) is 10.3. The van der Waals surface area contributed by atoms with Gasteiger partial charge in [0.1, 0.15) is 11.9 Å². The van der Waals surface area contributed by atoms with Gasteiger partial charge in [-0.1, -0.05) is 20.8 Å². The number of rotatable bonds is 1. The molecule has 21 heavy (non-hydrogen) atoms. The molecule has 0 amide bonds. The summed E-state index contributed by atoms with van der Waals surface area (Å²) in [5.41, 5.74) is 0.645. The monoisotopic (exact) mass is 285 g/mol. The predicted molar refractivity (Wildman–Crippen MR) is 89.2 cm³/mol. The minimum Gasteiger partial charge on any atom is -0.351 e. The fourth-order valence-electron chi connectivity index (χ4n) is 3.43. The highest BCUT2D eigenvalue weighted by Gasteiger charge is 2.39. The summed E-state index contributed by atoms with van der Waals surface area (Å²) in [6, 6.07) is 7.34. The van der Waals surface area contributed by atoms with Crippen LogP contribution in [-0.4, -0.2) is 17.1 Å². The molecule has 0 spiro atoms. The SMILES string of the molecule is C=C.CC.CC1CC2CCC(C1)N2c1ccc(C#N)cn1. The van der Waals surface area contributed by atoms with E-state index in [1.165, 1.54) is 25.7 Å². The molecular formula is C18H27N3. The summed E-state index contributed by atoms with van der Waals surface area (Å²) < 4.78 is 0. The molecule has 2 aliphatic rings. The molecule has 3 heteroatoms. The number of anilines is 1. The van der Waals surface area contributed by atoms with Gasteiger partial charge in [0.2, 0.25) is 0 Å². The molecule has 1 aromatic rings. The molecule has 114 valence electrons. The Labute approximate surface area is 129 Å². The summed E-state index contributed by atoms with van der Waals surface area (Å²) in [4.78, 5) is 6.93. The molecule has 0 aromatic carbocycles. The zero-order chi connectivity index (χ0) is 15.8. The maximum atomic E-state index is 8.79. The number of nitrogens with zero attached hydrogens (tertiary/aromatic N) is 3. The summed E-state index contributed by atoms with van der Waals surface area (Å²) >= 11 is 0. The van der Waals surface area contributed by atoms with E-state index in [2.05, 4.69) is 36.0 Å². The number of aromatic nitrogens is 1. The first-order valence-electron chi connectivity index (χ1n) is 7.92. The Morgan fingerprint density at radius 1 is 1.19 bits per heavy atom. The molecule has 3 nitrogen and oxygen atoms in total. The van der Waals surface area contributed by atoms with Crippen molar-refractivity contribution in [3.63, 3.8) is 0 Å². The van der Waals surface area contributed by atoms with Crippen molar-refractivity contribution in [2.75, 3.05) is 4.90 Å². The van der Waals surface area contributed by atoms with E-state index in [0.717, 1.165) is 11.7 Å². The first kappa shape index (κ1) is 17.2. The number of piperidine rings is 1. The van der Waals surface area contributed by atoms with Gasteiger partial charge in [0.15, 0.2) is 0 Å². The van der Waals surface area contributed by atoms with Crippen LogP contribution in [0.5, 0.6) is 0 Å². The van der Waals surface area contributed by atoms with Crippen molar-refractivity contribution in [1.82, 2.24) is 4.98 Å². The Morgan fingerprint density at radius 2 is 1.76 bits per heavy atom. The third kappa shape index (κ3) is 3.85. The Bertz CT molecular complexity index is 446. The molecular weight excluding hydrogens is 258 g/mol. The minimum absolute atomic E-state index is 0.645. The van der Waals surface area contributed by atoms with Crippen LogP contribution in [0.25, 0.3) is 0 Å². The lowest BCUT2D eigenvalue weighted by atomic mass is 9.92. The second kappa shape index (κ2) is 8.46. The van der Waals surface area contributed by atoms with Crippen LogP contribution in [0.3, 0.4) is 0 Å². The van der Waals surface area contributed by atoms with Gasteiger partial charge in [0, 0.05) is 18.3 Å². The van der Waals surface area contributed by atoms with Crippen LogP contribution in [0.15, 0.2) is 31.5 Å². The number of hydrogen-bond donors (Lipinski definition) is 0. The first-order valence-corrected chi connectivity index (χ1v) is 7.92. The molecule has 1 aromatic heterocycles. The lowest BCUT2D eigenvalue weighted by Gasteiger charge is -2.38. The zero-order valence-corrected chi connectivity index (χ0v) is 13.5. The largest absolute Gasteiger partial charge is 0.351 e. The van der Waals surface area contributed by atoms with Crippen molar-refractivity contribution in [2.45, 2.75) is 58.5 Å². The van der Waals surface area contributed by atoms with Crippen molar-refractivity contribution in [2.24, 2.45) is 5.92 Å². The average molecular weight is 285 g/mol. The van der Waals surface area contributed by atoms with Crippen LogP contribution in [0.1, 0.15) is 52.0 Å². The van der Waals surface area contributed by atoms with Crippen molar-refractivity contribution in [1.29, 1.82) is 5.26 Å². The van der Waals surface area contributed by atoms with Crippen LogP contribution in [0.4, 0.5) is 5.82 Å². The third-order valence-corrected chi connectivity index (χ3v) is 4.11. The average Bonchev–Trinajstić information content (AvgIpc) is 2.83. The maximum absolute atomic E-state index is 8.79. The van der Waals surface area contributed by atoms with E-state index in [4.69, 9.17) is 5.26 Å². The summed E-state index contributed by atoms with van der Waals surface area (Å²) in [6.07, 6.45) is 6.87. The lowest BCUT2D eigenvalue weighted by Crippen LogP contribution is -2.42. The fraction of sp³-hybridized carbons (Fsp3) is 0.556. The standard InChI is InChI=1S/C14H17N3.C2H6.C2H4/c1-10-6-12-3-4-13(7-10)17(12)14-5-2-11(8-15)9-16-14;2*1-2/h2,5,9-10,12-13H,3-4,6-7H2,1H3;1-2H3;1-2H2. The van der Waals surface area contributed by atoms with E-state index >= 15 is 0 Å². The second-order valence-corrected chi connectivity index (χ2v) is 5.39. The van der Waals surface area contributed by atoms with E-state index in [1.54, 1.807) is 6.20 Å². The molecule has 2 unspecified atom stereocenters. The number of pyridine rings is 1. The molecule has 0 N–H and O–H groups in total. The van der Waals surface area contributed by atoms with Gasteiger partial charge >= 0.3 is 0 Å². The van der Waals surface area contributed by atoms with Crippen molar-refractivity contribution in [3.8, 4) is 6.07 Å². The molecule has 3 rings (SSSR count). The lowest BCUT2D eigenvalue weighted by molar-refractivity contribution is 0.361. The van der Waals surface area contributed by atoms with Crippen molar-refractivity contribution >= 4 is 5.82 Å². The molecule has 0 aliphatic carbocycles. The normalized spacial score (nSPS) is 25.8. The van der Waals surface area contributed by atoms with E-state index in [1.807, 2.05) is 26.0 Å². The van der Waals surface area contributed by atoms with E-state index < -0.39 is 0 Å². The van der Waals surface area contributed by atoms with Gasteiger partial charge < -0.3 is 4.90 Å². The van der Waals surface area contributed by atoms with E-state index in [-0.39, 0.29) is 0 Å². The van der Waals surface area contributed by atoms with E-state index in [0.29, 0.717) is 17.6 Å². The van der Waals surface area contributed by atoms with Crippen molar-refractivity contribution < 1.29 is 0 Å². The van der Waals surface area contributed by atoms with Gasteiger partial charge in [-0.25, -0.2) is 4.98 Å². The van der Waals surface area contributed by atoms with Gasteiger partial charge in [0.25, 0.3) is 0 Å². The Balaban J connectivity index is 0.000000510. The summed E-state index contributed by atoms with van der Waals surface area (Å²) in [5.74, 6) is 1.91. The summed E-state index contributed by atoms with van der Waals surface area (Å²) in [7, 11) is 0. The molecule has 0 saturated carbocycles. The smallest absolute Gasteiger partial charge is 0.129 e. The Hall–Kier alpha value is -1.82. The van der Waals surface area contributed by atoms with E-state index in [9.17, 15) is 0 Å². The topological polar surface area (TPSA) is 39.9 Å². The quantitative estimate of drug-likeness (QED) is 0.711.